The van der Waals surface area contributed by atoms with Crippen molar-refractivity contribution in [2.24, 2.45) is 19.8 Å². The van der Waals surface area contributed by atoms with Gasteiger partial charge in [-0.05, 0) is 30.4 Å². The number of pyridine rings is 1. The lowest BCUT2D eigenvalue weighted by Crippen LogP contribution is -2.25. The van der Waals surface area contributed by atoms with Crippen LogP contribution in [0.1, 0.15) is 43.5 Å². The van der Waals surface area contributed by atoms with Gasteiger partial charge in [0.1, 0.15) is 11.8 Å². The topological polar surface area (TPSA) is 144 Å². The second-order valence-corrected chi connectivity index (χ2v) is 10.9. The van der Waals surface area contributed by atoms with Gasteiger partial charge in [0.15, 0.2) is 0 Å². The number of halogens is 1. The van der Waals surface area contributed by atoms with Gasteiger partial charge in [0.05, 0.1) is 60.8 Å². The Morgan fingerprint density at radius 3 is 2.60 bits per heavy atom. The third kappa shape index (κ3) is 4.92. The van der Waals surface area contributed by atoms with Gasteiger partial charge in [-0.25, -0.2) is 19.0 Å². The number of nitrogens with zero attached hydrogens (tertiary/aromatic N) is 5. The maximum atomic E-state index is 15.1. The molecule has 8 rings (SSSR count). The first kappa shape index (κ1) is 28.5. The molecule has 43 heavy (non-hydrogen) atoms. The SMILES string of the molecule is COC(N)=O.COc1nn(C)cc1-c1[nH]c2ncc3c4c2c1-c1ccc(cc1)C(F)CCO[C@H]1CCC(C1)n4c(=O)n3C. The van der Waals surface area contributed by atoms with Crippen LogP contribution in [0.5, 0.6) is 5.88 Å². The summed E-state index contributed by atoms with van der Waals surface area (Å²) >= 11 is 0. The normalized spacial score (nSPS) is 19.7. The lowest BCUT2D eigenvalue weighted by molar-refractivity contribution is 0.0431. The minimum atomic E-state index is -1.11. The van der Waals surface area contributed by atoms with E-state index in [1.807, 2.05) is 42.1 Å². The molecular weight excluding hydrogens is 557 g/mol. The summed E-state index contributed by atoms with van der Waals surface area (Å²) in [7, 11) is 6.46. The highest BCUT2D eigenvalue weighted by atomic mass is 19.1. The van der Waals surface area contributed by atoms with Gasteiger partial charge in [0, 0.05) is 38.3 Å². The Morgan fingerprint density at radius 2 is 1.91 bits per heavy atom. The fraction of sp³-hybridized carbons (Fsp3) is 0.400. The van der Waals surface area contributed by atoms with E-state index in [9.17, 15) is 9.59 Å². The van der Waals surface area contributed by atoms with E-state index in [0.717, 1.165) is 51.6 Å². The van der Waals surface area contributed by atoms with Gasteiger partial charge < -0.3 is 24.9 Å². The van der Waals surface area contributed by atoms with Crippen LogP contribution in [0.15, 0.2) is 41.5 Å². The molecule has 0 radical (unpaired) electrons. The van der Waals surface area contributed by atoms with E-state index in [0.29, 0.717) is 36.5 Å². The highest BCUT2D eigenvalue weighted by Crippen LogP contribution is 2.45. The van der Waals surface area contributed by atoms with Gasteiger partial charge in [-0.1, -0.05) is 24.3 Å². The molecule has 0 spiro atoms. The molecule has 3 N–H and O–H groups in total. The van der Waals surface area contributed by atoms with Crippen LogP contribution in [-0.4, -0.2) is 61.9 Å². The number of carbonyl (C=O) groups is 1. The van der Waals surface area contributed by atoms with Crippen LogP contribution < -0.4 is 16.2 Å². The van der Waals surface area contributed by atoms with Gasteiger partial charge in [-0.3, -0.25) is 13.8 Å². The summed E-state index contributed by atoms with van der Waals surface area (Å²) in [5.74, 6) is 0.476. The second kappa shape index (κ2) is 11.2. The number of amides is 1. The number of H-pyrrole nitrogens is 1. The average Bonchev–Trinajstić information content (AvgIpc) is 3.77. The molecule has 6 heterocycles. The first-order valence-electron chi connectivity index (χ1n) is 14.1. The molecular formula is C30H34FN7O5. The zero-order valence-corrected chi connectivity index (χ0v) is 24.5. The highest BCUT2D eigenvalue weighted by molar-refractivity contribution is 6.14. The number of imidazole rings is 1. The monoisotopic (exact) mass is 591 g/mol. The third-order valence-corrected chi connectivity index (χ3v) is 8.34. The summed E-state index contributed by atoms with van der Waals surface area (Å²) in [6, 6.07) is 7.52. The molecule has 0 saturated heterocycles. The van der Waals surface area contributed by atoms with Gasteiger partial charge in [0.25, 0.3) is 0 Å². The Labute approximate surface area is 246 Å². The number of nitrogens with two attached hydrogens (primary N) is 1. The molecule has 5 aromatic rings. The maximum absolute atomic E-state index is 15.1. The lowest BCUT2D eigenvalue weighted by atomic mass is 9.97. The predicted molar refractivity (Wildman–Crippen MR) is 159 cm³/mol. The van der Waals surface area contributed by atoms with E-state index in [-0.39, 0.29) is 17.8 Å². The highest BCUT2D eigenvalue weighted by Gasteiger charge is 2.32. The van der Waals surface area contributed by atoms with Gasteiger partial charge in [-0.15, -0.1) is 5.10 Å². The van der Waals surface area contributed by atoms with Crippen molar-refractivity contribution >= 4 is 28.2 Å². The average molecular weight is 592 g/mol. The molecule has 1 saturated carbocycles. The molecule has 3 aliphatic rings. The molecule has 4 aromatic heterocycles. The number of aromatic amines is 1. The maximum Gasteiger partial charge on any atom is 0.404 e. The lowest BCUT2D eigenvalue weighted by Gasteiger charge is -2.15. The zero-order valence-electron chi connectivity index (χ0n) is 24.5. The number of aromatic nitrogens is 6. The molecule has 12 nitrogen and oxygen atoms in total. The number of benzene rings is 1. The van der Waals surface area contributed by atoms with Crippen molar-refractivity contribution < 1.29 is 23.4 Å². The van der Waals surface area contributed by atoms with E-state index in [1.54, 1.807) is 29.6 Å². The van der Waals surface area contributed by atoms with Gasteiger partial charge in [-0.2, -0.15) is 0 Å². The van der Waals surface area contributed by atoms with Crippen molar-refractivity contribution in [3.8, 4) is 28.3 Å². The van der Waals surface area contributed by atoms with Crippen LogP contribution in [-0.2, 0) is 23.6 Å². The molecule has 1 amide bonds. The number of hydrogen-bond acceptors (Lipinski definition) is 7. The fourth-order valence-electron chi connectivity index (χ4n) is 6.27. The van der Waals surface area contributed by atoms with Crippen LogP contribution in [0.2, 0.25) is 0 Å². The third-order valence-electron chi connectivity index (χ3n) is 8.34. The summed E-state index contributed by atoms with van der Waals surface area (Å²) in [4.78, 5) is 31.3. The van der Waals surface area contributed by atoms with E-state index < -0.39 is 12.3 Å². The molecule has 4 bridgehead atoms. The first-order valence-corrected chi connectivity index (χ1v) is 14.1. The summed E-state index contributed by atoms with van der Waals surface area (Å²) in [5, 5.41) is 5.32. The Kier molecular flexibility index (Phi) is 7.42. The summed E-state index contributed by atoms with van der Waals surface area (Å²) < 4.78 is 36.0. The number of carbonyl (C=O) groups excluding carboxylic acids is 1. The number of hydrogen-bond donors (Lipinski definition) is 2. The van der Waals surface area contributed by atoms with E-state index >= 15 is 4.39 Å². The summed E-state index contributed by atoms with van der Waals surface area (Å²) in [5.41, 5.74) is 10.6. The number of primary amides is 1. The molecule has 2 unspecified atom stereocenters. The molecule has 1 aliphatic carbocycles. The number of aryl methyl sites for hydroxylation is 2. The standard InChI is InChI=1S/C28H29FN6O3.C2H5NO2/c1-33-14-19(27(32-33)37-3)24-22-16-6-4-15(5-7-16)20(29)10-11-38-18-9-8-17(12-18)35-25-21(34(2)28(35)36)13-30-26(31-24)23(22)25;1-5-2(3)4/h4-7,13-14,17-18,20H,8-12H2,1-3H3,(H,30,31);1H3,(H2,3,4)/t17?,18-,20?;/m0./s1. The summed E-state index contributed by atoms with van der Waals surface area (Å²) in [6.07, 6.45) is 4.47. The van der Waals surface area contributed by atoms with Crippen LogP contribution in [0.4, 0.5) is 9.18 Å². The van der Waals surface area contributed by atoms with Crippen molar-refractivity contribution in [2.75, 3.05) is 20.8 Å². The van der Waals surface area contributed by atoms with Crippen molar-refractivity contribution in [3.05, 3.63) is 52.7 Å². The van der Waals surface area contributed by atoms with Crippen LogP contribution >= 0.6 is 0 Å². The molecule has 13 heteroatoms. The van der Waals surface area contributed by atoms with Crippen molar-refractivity contribution in [3.63, 3.8) is 0 Å². The largest absolute Gasteiger partial charge is 0.479 e. The number of fused-ring (bicyclic) bond motifs is 5. The number of ether oxygens (including phenoxy) is 3. The Bertz CT molecular complexity index is 1870. The quantitative estimate of drug-likeness (QED) is 0.307. The van der Waals surface area contributed by atoms with Crippen molar-refractivity contribution in [2.45, 2.75) is 44.0 Å². The summed E-state index contributed by atoms with van der Waals surface area (Å²) in [6.45, 7) is 0.351. The molecule has 1 fully saturated rings. The predicted octanol–water partition coefficient (Wildman–Crippen LogP) is 4.53. The number of nitrogens with one attached hydrogen (secondary N) is 1. The first-order chi connectivity index (χ1) is 20.7. The van der Waals surface area contributed by atoms with Crippen LogP contribution in [0.25, 0.3) is 44.5 Å². The minimum Gasteiger partial charge on any atom is -0.479 e. The van der Waals surface area contributed by atoms with Gasteiger partial charge >= 0.3 is 11.8 Å². The van der Waals surface area contributed by atoms with E-state index in [1.165, 1.54) is 7.11 Å². The van der Waals surface area contributed by atoms with E-state index in [4.69, 9.17) is 14.5 Å². The van der Waals surface area contributed by atoms with Crippen LogP contribution in [0, 0.1) is 0 Å². The Morgan fingerprint density at radius 1 is 1.16 bits per heavy atom. The smallest absolute Gasteiger partial charge is 0.404 e. The Balaban J connectivity index is 0.000000611. The number of rotatable bonds is 2. The molecule has 1 aromatic carbocycles. The van der Waals surface area contributed by atoms with E-state index in [2.05, 4.69) is 20.6 Å². The fourth-order valence-corrected chi connectivity index (χ4v) is 6.27. The van der Waals surface area contributed by atoms with Gasteiger partial charge in [0.2, 0.25) is 5.88 Å². The van der Waals surface area contributed by atoms with Crippen LogP contribution in [0.3, 0.4) is 0 Å². The second-order valence-electron chi connectivity index (χ2n) is 10.9. The molecule has 2 aliphatic heterocycles. The number of methoxy groups -OCH3 is 2. The van der Waals surface area contributed by atoms with Crippen molar-refractivity contribution in [1.29, 1.82) is 0 Å². The zero-order chi connectivity index (χ0) is 30.4. The molecule has 3 atom stereocenters. The van der Waals surface area contributed by atoms with Crippen molar-refractivity contribution in [1.82, 2.24) is 28.9 Å². The number of alkyl halides is 1. The molecule has 226 valence electrons. The minimum absolute atomic E-state index is 0.000455. The Hall–Kier alpha value is -4.65.